The van der Waals surface area contributed by atoms with Gasteiger partial charge in [0.05, 0.1) is 5.75 Å². The van der Waals surface area contributed by atoms with Gasteiger partial charge in [-0.3, -0.25) is 4.79 Å². The summed E-state index contributed by atoms with van der Waals surface area (Å²) in [5.41, 5.74) is 3.18. The van der Waals surface area contributed by atoms with Crippen LogP contribution in [0.2, 0.25) is 0 Å². The Morgan fingerprint density at radius 3 is 2.86 bits per heavy atom. The largest absolute Gasteiger partial charge is 0.325 e. The Kier molecular flexibility index (Phi) is 5.60. The number of para-hydroxylation sites is 1. The zero-order valence-electron chi connectivity index (χ0n) is 13.5. The Morgan fingerprint density at radius 1 is 1.41 bits per heavy atom. The Morgan fingerprint density at radius 2 is 2.18 bits per heavy atom. The van der Waals surface area contributed by atoms with Crippen LogP contribution in [0.5, 0.6) is 0 Å². The third kappa shape index (κ3) is 3.88. The molecule has 2 rings (SSSR count). The van der Waals surface area contributed by atoms with Gasteiger partial charge in [0.25, 0.3) is 0 Å². The molecule has 5 nitrogen and oxygen atoms in total. The van der Waals surface area contributed by atoms with Crippen LogP contribution in [0.1, 0.15) is 37.8 Å². The number of hydrogen-bond acceptors (Lipinski definition) is 4. The third-order valence-electron chi connectivity index (χ3n) is 3.44. The lowest BCUT2D eigenvalue weighted by molar-refractivity contribution is -0.113. The van der Waals surface area contributed by atoms with Crippen molar-refractivity contribution >= 4 is 23.4 Å². The van der Waals surface area contributed by atoms with Crippen LogP contribution in [0.4, 0.5) is 5.69 Å². The monoisotopic (exact) mass is 318 g/mol. The summed E-state index contributed by atoms with van der Waals surface area (Å²) in [6.45, 7) is 9.09. The maximum atomic E-state index is 12.2. The zero-order valence-corrected chi connectivity index (χ0v) is 14.3. The van der Waals surface area contributed by atoms with E-state index in [9.17, 15) is 4.79 Å². The van der Waals surface area contributed by atoms with Crippen LogP contribution < -0.4 is 5.32 Å². The predicted octanol–water partition coefficient (Wildman–Crippen LogP) is 3.46. The number of aromatic nitrogens is 3. The van der Waals surface area contributed by atoms with Crippen LogP contribution in [-0.4, -0.2) is 26.4 Å². The lowest BCUT2D eigenvalue weighted by atomic mass is 9.98. The molecule has 0 bridgehead atoms. The molecule has 6 heteroatoms. The maximum Gasteiger partial charge on any atom is 0.234 e. The number of carbonyl (C=O) groups is 1. The predicted molar refractivity (Wildman–Crippen MR) is 90.3 cm³/mol. The van der Waals surface area contributed by atoms with Gasteiger partial charge in [-0.05, 0) is 30.9 Å². The molecule has 118 valence electrons. The second-order valence-electron chi connectivity index (χ2n) is 5.43. The van der Waals surface area contributed by atoms with Crippen LogP contribution in [0.25, 0.3) is 0 Å². The van der Waals surface area contributed by atoms with Crippen molar-refractivity contribution < 1.29 is 4.79 Å². The molecule has 0 fully saturated rings. The quantitative estimate of drug-likeness (QED) is 0.829. The molecule has 1 amide bonds. The van der Waals surface area contributed by atoms with Gasteiger partial charge in [-0.1, -0.05) is 43.8 Å². The van der Waals surface area contributed by atoms with Crippen molar-refractivity contribution in [3.05, 3.63) is 35.7 Å². The van der Waals surface area contributed by atoms with Crippen molar-refractivity contribution in [3.8, 4) is 0 Å². The van der Waals surface area contributed by atoms with Gasteiger partial charge in [-0.2, -0.15) is 0 Å². The first-order chi connectivity index (χ1) is 10.5. The fraction of sp³-hybridized carbons (Fsp3) is 0.438. The van der Waals surface area contributed by atoms with Crippen LogP contribution in [0.15, 0.2) is 29.7 Å². The Hall–Kier alpha value is -1.82. The van der Waals surface area contributed by atoms with E-state index in [2.05, 4.69) is 35.4 Å². The number of carbonyl (C=O) groups excluding carboxylic acids is 1. The molecular weight excluding hydrogens is 296 g/mol. The molecule has 0 atom stereocenters. The van der Waals surface area contributed by atoms with E-state index in [4.69, 9.17) is 0 Å². The van der Waals surface area contributed by atoms with Gasteiger partial charge in [0, 0.05) is 12.2 Å². The topological polar surface area (TPSA) is 59.8 Å². The van der Waals surface area contributed by atoms with Gasteiger partial charge in [-0.15, -0.1) is 10.2 Å². The normalized spacial score (nSPS) is 11.0. The van der Waals surface area contributed by atoms with Crippen LogP contribution >= 0.6 is 11.8 Å². The number of nitrogens with zero attached hydrogens (tertiary/aromatic N) is 3. The van der Waals surface area contributed by atoms with E-state index in [1.165, 1.54) is 11.8 Å². The highest BCUT2D eigenvalue weighted by Gasteiger charge is 2.13. The number of amides is 1. The fourth-order valence-electron chi connectivity index (χ4n) is 2.22. The molecule has 1 heterocycles. The van der Waals surface area contributed by atoms with Crippen LogP contribution in [0, 0.1) is 6.92 Å². The second-order valence-corrected chi connectivity index (χ2v) is 6.37. The van der Waals surface area contributed by atoms with E-state index in [0.29, 0.717) is 11.7 Å². The summed E-state index contributed by atoms with van der Waals surface area (Å²) in [6, 6.07) is 6.11. The molecule has 0 aliphatic heterocycles. The lowest BCUT2D eigenvalue weighted by Crippen LogP contribution is -2.17. The average Bonchev–Trinajstić information content (AvgIpc) is 2.94. The number of anilines is 1. The summed E-state index contributed by atoms with van der Waals surface area (Å²) in [6.07, 6.45) is 1.68. The molecule has 0 aliphatic rings. The number of rotatable bonds is 6. The van der Waals surface area contributed by atoms with Gasteiger partial charge in [0.2, 0.25) is 5.91 Å². The van der Waals surface area contributed by atoms with Crippen molar-refractivity contribution in [1.29, 1.82) is 0 Å². The molecular formula is C16H22N4OS. The van der Waals surface area contributed by atoms with Crippen LogP contribution in [-0.2, 0) is 11.3 Å². The highest BCUT2D eigenvalue weighted by atomic mass is 32.2. The van der Waals surface area contributed by atoms with Gasteiger partial charge < -0.3 is 9.88 Å². The first-order valence-electron chi connectivity index (χ1n) is 7.42. The number of benzene rings is 1. The van der Waals surface area contributed by atoms with Crippen molar-refractivity contribution in [2.75, 3.05) is 11.1 Å². The first-order valence-corrected chi connectivity index (χ1v) is 8.41. The molecule has 0 unspecified atom stereocenters. The average molecular weight is 318 g/mol. The van der Waals surface area contributed by atoms with E-state index in [-0.39, 0.29) is 5.91 Å². The summed E-state index contributed by atoms with van der Waals surface area (Å²) in [7, 11) is 0. The van der Waals surface area contributed by atoms with E-state index >= 15 is 0 Å². The lowest BCUT2D eigenvalue weighted by Gasteiger charge is -2.16. The van der Waals surface area contributed by atoms with Crippen molar-refractivity contribution in [2.24, 2.45) is 0 Å². The molecule has 0 saturated carbocycles. The van der Waals surface area contributed by atoms with E-state index in [1.807, 2.05) is 30.5 Å². The summed E-state index contributed by atoms with van der Waals surface area (Å²) in [4.78, 5) is 12.2. The van der Waals surface area contributed by atoms with Gasteiger partial charge in [0.1, 0.15) is 6.33 Å². The van der Waals surface area contributed by atoms with Crippen molar-refractivity contribution in [3.63, 3.8) is 0 Å². The highest BCUT2D eigenvalue weighted by molar-refractivity contribution is 7.99. The van der Waals surface area contributed by atoms with Gasteiger partial charge in [0.15, 0.2) is 5.16 Å². The molecule has 0 radical (unpaired) electrons. The number of nitrogens with one attached hydrogen (secondary N) is 1. The molecule has 0 spiro atoms. The zero-order chi connectivity index (χ0) is 16.1. The van der Waals surface area contributed by atoms with Gasteiger partial charge >= 0.3 is 0 Å². The fourth-order valence-corrected chi connectivity index (χ4v) is 3.00. The van der Waals surface area contributed by atoms with E-state index in [0.717, 1.165) is 28.5 Å². The molecule has 1 aromatic heterocycles. The molecule has 0 saturated heterocycles. The van der Waals surface area contributed by atoms with Crippen molar-refractivity contribution in [1.82, 2.24) is 14.8 Å². The second kappa shape index (κ2) is 7.45. The first kappa shape index (κ1) is 16.5. The van der Waals surface area contributed by atoms with Gasteiger partial charge in [-0.25, -0.2) is 0 Å². The number of hydrogen-bond donors (Lipinski definition) is 1. The Balaban J connectivity index is 2.04. The maximum absolute atomic E-state index is 12.2. The Bertz CT molecular complexity index is 651. The minimum atomic E-state index is -0.0214. The molecule has 2 aromatic rings. The van der Waals surface area contributed by atoms with Crippen molar-refractivity contribution in [2.45, 2.75) is 45.3 Å². The molecule has 1 N–H and O–H groups in total. The summed E-state index contributed by atoms with van der Waals surface area (Å²) in [5, 5.41) is 11.7. The minimum Gasteiger partial charge on any atom is -0.325 e. The van der Waals surface area contributed by atoms with E-state index < -0.39 is 0 Å². The number of aryl methyl sites for hydroxylation is 2. The van der Waals surface area contributed by atoms with E-state index in [1.54, 1.807) is 6.33 Å². The third-order valence-corrected chi connectivity index (χ3v) is 4.43. The number of thioether (sulfide) groups is 1. The summed E-state index contributed by atoms with van der Waals surface area (Å²) >= 11 is 1.40. The smallest absolute Gasteiger partial charge is 0.234 e. The minimum absolute atomic E-state index is 0.0214. The Labute approximate surface area is 135 Å². The molecule has 0 aliphatic carbocycles. The van der Waals surface area contributed by atoms with Crippen LogP contribution in [0.3, 0.4) is 0 Å². The highest BCUT2D eigenvalue weighted by Crippen LogP contribution is 2.27. The molecule has 1 aromatic carbocycles. The SMILES string of the molecule is CCn1cnnc1SCC(=O)Nc1c(C)cccc1C(C)C. The summed E-state index contributed by atoms with van der Waals surface area (Å²) < 4.78 is 1.92. The summed E-state index contributed by atoms with van der Waals surface area (Å²) in [5.74, 6) is 0.669. The molecule has 22 heavy (non-hydrogen) atoms. The standard InChI is InChI=1S/C16H22N4OS/c1-5-20-10-17-19-16(20)22-9-14(21)18-15-12(4)7-6-8-13(15)11(2)3/h6-8,10-11H,5,9H2,1-4H3,(H,18,21).